The Morgan fingerprint density at radius 2 is 1.33 bits per heavy atom. The lowest BCUT2D eigenvalue weighted by Crippen LogP contribution is -2.46. The van der Waals surface area contributed by atoms with E-state index in [9.17, 15) is 71.2 Å². The number of methoxy groups -OCH3 is 1. The predicted molar refractivity (Wildman–Crippen MR) is 266 cm³/mol. The number of nitrogens with two attached hydrogens (primary N) is 3. The number of imidazole rings is 3. The van der Waals surface area contributed by atoms with Gasteiger partial charge in [0.05, 0.1) is 50.9 Å². The molecule has 3 saturated heterocycles. The van der Waals surface area contributed by atoms with Crippen LogP contribution in [0.1, 0.15) is 31.5 Å². The summed E-state index contributed by atoms with van der Waals surface area (Å²) in [5.41, 5.74) is 15.5. The van der Waals surface area contributed by atoms with E-state index in [0.29, 0.717) is 12.8 Å². The van der Waals surface area contributed by atoms with Crippen LogP contribution >= 0.6 is 31.3 Å². The molecule has 10 rings (SSSR count). The third-order valence-electron chi connectivity index (χ3n) is 13.2. The van der Waals surface area contributed by atoms with Crippen molar-refractivity contribution < 1.29 is 112 Å². The van der Waals surface area contributed by atoms with E-state index in [1.54, 1.807) is 0 Å². The zero-order valence-electron chi connectivity index (χ0n) is 41.9. The molecule has 41 nitrogen and oxygen atoms in total. The number of aliphatic hydroxyl groups is 3. The number of rotatable bonds is 23. The van der Waals surface area contributed by atoms with Crippen LogP contribution in [0.3, 0.4) is 0 Å². The number of aliphatic hydroxyl groups excluding tert-OH is 3. The van der Waals surface area contributed by atoms with Crippen molar-refractivity contribution in [2.45, 2.75) is 85.6 Å². The Labute approximate surface area is 456 Å². The van der Waals surface area contributed by atoms with Crippen molar-refractivity contribution in [1.82, 2.24) is 58.3 Å². The second-order valence-corrected chi connectivity index (χ2v) is 26.8. The van der Waals surface area contributed by atoms with Gasteiger partial charge >= 0.3 is 36.9 Å². The monoisotopic (exact) mass is 1260 g/mol. The number of hydrogen-bond donors (Lipinski definition) is 13. The largest absolute Gasteiger partial charge is 0.490 e. The van der Waals surface area contributed by atoms with Crippen molar-refractivity contribution in [2.24, 2.45) is 13.0 Å². The normalized spacial score (nSPS) is 30.0. The molecule has 4 fully saturated rings. The summed E-state index contributed by atoms with van der Waals surface area (Å²) in [7, 11) is -25.1. The van der Waals surface area contributed by atoms with E-state index < -0.39 is 157 Å². The minimum atomic E-state index is -6.27. The molecule has 3 aliphatic heterocycles. The molecule has 0 spiro atoms. The van der Waals surface area contributed by atoms with E-state index in [1.165, 1.54) is 27.1 Å². The minimum absolute atomic E-state index is 0.00394. The number of hydrogen-bond acceptors (Lipinski definition) is 30. The number of nitrogens with one attached hydrogen (secondary N) is 3. The van der Waals surface area contributed by atoms with Crippen LogP contribution in [-0.2, 0) is 81.0 Å². The van der Waals surface area contributed by atoms with Gasteiger partial charge in [0.25, 0.3) is 17.1 Å². The first kappa shape index (κ1) is 59.9. The van der Waals surface area contributed by atoms with Crippen LogP contribution in [0.2, 0.25) is 0 Å². The van der Waals surface area contributed by atoms with Gasteiger partial charge in [0.1, 0.15) is 54.6 Å². The lowest BCUT2D eigenvalue weighted by molar-refractivity contribution is -0.745. The van der Waals surface area contributed by atoms with Crippen LogP contribution < -0.4 is 37.6 Å². The number of aryl methyl sites for hydroxylation is 1. The van der Waals surface area contributed by atoms with Gasteiger partial charge in [-0.2, -0.15) is 13.6 Å². The molecule has 0 aromatic carbocycles. The van der Waals surface area contributed by atoms with Crippen LogP contribution in [0.15, 0.2) is 34.9 Å². The number of nitrogen functional groups attached to an aromatic ring is 3. The summed E-state index contributed by atoms with van der Waals surface area (Å²) in [6.07, 6.45) is -13.1. The number of H-pyrrole nitrogens is 2. The summed E-state index contributed by atoms with van der Waals surface area (Å²) in [6, 6.07) is 0. The molecule has 0 amide bonds. The number of fused-ring (bicyclic) bond motifs is 3. The molecule has 16 atom stereocenters. The summed E-state index contributed by atoms with van der Waals surface area (Å²) < 4.78 is 139. The molecule has 1 saturated carbocycles. The fraction of sp³-hybridized carbons (Fsp3) is 0.583. The highest BCUT2D eigenvalue weighted by Gasteiger charge is 2.54. The van der Waals surface area contributed by atoms with Crippen molar-refractivity contribution in [3.8, 4) is 0 Å². The van der Waals surface area contributed by atoms with Gasteiger partial charge in [-0.3, -0.25) is 51.4 Å². The Bertz CT molecular complexity index is 3860. The highest BCUT2D eigenvalue weighted by Crippen LogP contribution is 2.68. The number of sulfonamides is 1. The average molecular weight is 1260 g/mol. The van der Waals surface area contributed by atoms with Crippen LogP contribution in [0.4, 0.5) is 17.7 Å². The van der Waals surface area contributed by atoms with E-state index in [0.717, 1.165) is 30.7 Å². The number of nitrogens with zero attached hydrogens (tertiary/aromatic N) is 10. The lowest BCUT2D eigenvalue weighted by atomic mass is 9.98. The number of anilines is 3. The van der Waals surface area contributed by atoms with Gasteiger partial charge in [0, 0.05) is 19.6 Å². The van der Waals surface area contributed by atoms with Crippen molar-refractivity contribution >= 4 is 92.5 Å². The van der Waals surface area contributed by atoms with E-state index in [4.69, 9.17) is 54.2 Å². The molecule has 6 aromatic heterocycles. The Kier molecular flexibility index (Phi) is 16.3. The molecular formula is C36H51N16O25P4S+. The van der Waals surface area contributed by atoms with Gasteiger partial charge in [0.2, 0.25) is 27.7 Å². The van der Waals surface area contributed by atoms with Gasteiger partial charge in [-0.1, -0.05) is 4.98 Å². The SMILES string of the molecule is CO[C@@H]1[C@H](OP(=O)(O)OC[C@H]2O[C@@H](n3cnc4c(=O)[nH]c(N)nc43)[C@H](O)[C@@H]2O)[C@@H](COP(=O)(O)OP(=O)(O)OP(=O)(O)OC[C@H]2O[C@@H]([n+]3cn(C)c4c(=O)[nH]c(N)nc43)[C@H](O)[C@@H]2CNS(=O)(=O)C2CC2)O[C@H]1n1cnc2c(N)ncnc21. The quantitative estimate of drug-likeness (QED) is 0.0213. The fourth-order valence-corrected chi connectivity index (χ4v) is 15.2. The minimum Gasteiger partial charge on any atom is -0.387 e. The molecule has 4 aliphatic rings. The molecular weight excluding hydrogens is 1210 g/mol. The summed E-state index contributed by atoms with van der Waals surface area (Å²) >= 11 is 0. The number of phosphoric ester groups is 3. The fourth-order valence-electron chi connectivity index (χ4n) is 9.34. The molecule has 1 aliphatic carbocycles. The van der Waals surface area contributed by atoms with Crippen LogP contribution in [0.25, 0.3) is 33.5 Å². The second kappa shape index (κ2) is 22.3. The zero-order valence-corrected chi connectivity index (χ0v) is 46.3. The maximum Gasteiger partial charge on any atom is 0.490 e. The number of aromatic amines is 2. The van der Waals surface area contributed by atoms with Crippen LogP contribution in [0.5, 0.6) is 0 Å². The second-order valence-electron chi connectivity index (χ2n) is 18.7. The lowest BCUT2D eigenvalue weighted by Gasteiger charge is -2.26. The number of phosphoric acid groups is 4. The van der Waals surface area contributed by atoms with E-state index in [-0.39, 0.29) is 51.2 Å². The van der Waals surface area contributed by atoms with Gasteiger partial charge in [0.15, 0.2) is 41.4 Å². The first-order valence-corrected chi connectivity index (χ1v) is 31.3. The smallest absolute Gasteiger partial charge is 0.387 e. The Hall–Kier alpha value is -5.20. The van der Waals surface area contributed by atoms with Crippen LogP contribution in [0, 0.1) is 5.92 Å². The molecule has 4 unspecified atom stereocenters. The highest BCUT2D eigenvalue weighted by atomic mass is 32.2. The van der Waals surface area contributed by atoms with Crippen molar-refractivity contribution in [1.29, 1.82) is 0 Å². The summed E-state index contributed by atoms with van der Waals surface area (Å²) in [5.74, 6) is -2.07. The Morgan fingerprint density at radius 3 is 2.00 bits per heavy atom. The van der Waals surface area contributed by atoms with E-state index in [1.807, 2.05) is 0 Å². The standard InChI is InChI=1S/C36H50N16O25P4S/c1-49-12-52(29-20(49)31(57)48-36(39)46-29)32-21(53)14(5-44-82(66,67)13-3-4-13)15(72-32)6-70-79(60,61)76-81(64,65)77-80(62,63)71-8-17-24(25(68-2)34(74-17)50-10-42-18-26(37)40-9-41-27(18)50)75-78(58,59)69-7-16-22(54)23(55)33(73-16)51-11-43-19-28(51)45-35(38)47-30(19)56/h9-17,21-25,32-34,44,53-55H,3-8H2,1-2H3,(H11-,37,38,39,40,41,45,46,47,48,56,57,58,59,60,61,62,63,64,65)/p+1/t14-,15-,16-,17-,21-,22-,23-,24-,25-,32-,33-,34-/m1/s1. The van der Waals surface area contributed by atoms with Gasteiger partial charge < -0.3 is 71.0 Å². The van der Waals surface area contributed by atoms with E-state index in [2.05, 4.69) is 53.2 Å². The summed E-state index contributed by atoms with van der Waals surface area (Å²) in [4.78, 5) is 96.8. The van der Waals surface area contributed by atoms with Crippen molar-refractivity contribution in [3.05, 3.63) is 46.0 Å². The maximum atomic E-state index is 13.8. The van der Waals surface area contributed by atoms with Gasteiger partial charge in [-0.15, -0.1) is 0 Å². The summed E-state index contributed by atoms with van der Waals surface area (Å²) in [5, 5.41) is 32.6. The molecule has 0 radical (unpaired) electrons. The third kappa shape index (κ3) is 12.2. The molecule has 450 valence electrons. The highest BCUT2D eigenvalue weighted by molar-refractivity contribution is 7.90. The van der Waals surface area contributed by atoms with Gasteiger partial charge in [-0.05, 0) is 12.8 Å². The molecule has 16 N–H and O–H groups in total. The molecule has 6 aromatic rings. The first-order chi connectivity index (χ1) is 38.5. The van der Waals surface area contributed by atoms with Crippen LogP contribution in [-0.4, -0.2) is 184 Å². The predicted octanol–water partition coefficient (Wildman–Crippen LogP) is -4.37. The Balaban J connectivity index is 0.817. The van der Waals surface area contributed by atoms with Crippen molar-refractivity contribution in [2.75, 3.05) is 50.7 Å². The summed E-state index contributed by atoms with van der Waals surface area (Å²) in [6.45, 7) is -3.95. The van der Waals surface area contributed by atoms with Gasteiger partial charge in [-0.25, -0.2) is 55.9 Å². The van der Waals surface area contributed by atoms with E-state index >= 15 is 0 Å². The number of ether oxygens (including phenoxy) is 4. The molecule has 46 heteroatoms. The van der Waals surface area contributed by atoms with Crippen molar-refractivity contribution in [3.63, 3.8) is 0 Å². The maximum absolute atomic E-state index is 13.8. The Morgan fingerprint density at radius 1 is 0.732 bits per heavy atom. The average Bonchev–Trinajstić information content (AvgIpc) is 3.72. The zero-order chi connectivity index (χ0) is 59.2. The molecule has 82 heavy (non-hydrogen) atoms. The molecule has 9 heterocycles. The topological polar surface area (TPSA) is 588 Å². The molecule has 0 bridgehead atoms. The number of aromatic nitrogens is 12. The first-order valence-electron chi connectivity index (χ1n) is 23.7. The third-order valence-corrected chi connectivity index (χ3v) is 20.4.